The van der Waals surface area contributed by atoms with Gasteiger partial charge in [-0.2, -0.15) is 0 Å². The third kappa shape index (κ3) is 2.25. The first-order valence-electron chi connectivity index (χ1n) is 7.50. The average molecular weight is 280 g/mol. The van der Waals surface area contributed by atoms with Crippen LogP contribution in [0.3, 0.4) is 0 Å². The molecule has 0 bridgehead atoms. The first-order valence-corrected chi connectivity index (χ1v) is 7.50. The predicted octanol–water partition coefficient (Wildman–Crippen LogP) is 4.29. The summed E-state index contributed by atoms with van der Waals surface area (Å²) in [5.74, 6) is -0.641. The summed E-state index contributed by atoms with van der Waals surface area (Å²) < 4.78 is 0. The van der Waals surface area contributed by atoms with Crippen molar-refractivity contribution in [1.29, 1.82) is 0 Å². The fourth-order valence-corrected chi connectivity index (χ4v) is 3.79. The largest absolute Gasteiger partial charge is 0.481 e. The lowest BCUT2D eigenvalue weighted by atomic mass is 9.69. The molecule has 1 fully saturated rings. The van der Waals surface area contributed by atoms with Crippen molar-refractivity contribution in [2.45, 2.75) is 37.5 Å². The van der Waals surface area contributed by atoms with Crippen LogP contribution in [0.15, 0.2) is 54.6 Å². The molecule has 2 unspecified atom stereocenters. The summed E-state index contributed by atoms with van der Waals surface area (Å²) in [7, 11) is 0. The minimum Gasteiger partial charge on any atom is -0.481 e. The molecule has 0 spiro atoms. The number of carboxylic acids is 1. The van der Waals surface area contributed by atoms with Crippen LogP contribution in [0, 0.1) is 6.92 Å². The monoisotopic (exact) mass is 280 g/mol. The zero-order valence-corrected chi connectivity index (χ0v) is 12.3. The number of hydrogen-bond acceptors (Lipinski definition) is 1. The van der Waals surface area contributed by atoms with Gasteiger partial charge in [0.1, 0.15) is 0 Å². The van der Waals surface area contributed by atoms with Crippen molar-refractivity contribution in [2.24, 2.45) is 0 Å². The minimum atomic E-state index is -0.784. The van der Waals surface area contributed by atoms with Gasteiger partial charge in [-0.25, -0.2) is 0 Å². The fourth-order valence-electron chi connectivity index (χ4n) is 3.79. The van der Waals surface area contributed by atoms with E-state index in [2.05, 4.69) is 12.1 Å². The lowest BCUT2D eigenvalue weighted by Gasteiger charge is -2.32. The van der Waals surface area contributed by atoms with Gasteiger partial charge in [0.2, 0.25) is 0 Å². The summed E-state index contributed by atoms with van der Waals surface area (Å²) in [6.45, 7) is 2.02. The Balaban J connectivity index is 2.14. The van der Waals surface area contributed by atoms with E-state index in [9.17, 15) is 9.90 Å². The van der Waals surface area contributed by atoms with Crippen LogP contribution >= 0.6 is 0 Å². The van der Waals surface area contributed by atoms with Gasteiger partial charge in [-0.15, -0.1) is 0 Å². The maximum Gasteiger partial charge on any atom is 0.314 e. The highest BCUT2D eigenvalue weighted by Crippen LogP contribution is 2.51. The smallest absolute Gasteiger partial charge is 0.314 e. The third-order valence-corrected chi connectivity index (χ3v) is 4.78. The highest BCUT2D eigenvalue weighted by molar-refractivity contribution is 5.83. The zero-order chi connectivity index (χ0) is 14.9. The number of hydrogen-bond donors (Lipinski definition) is 1. The topological polar surface area (TPSA) is 37.3 Å². The van der Waals surface area contributed by atoms with E-state index >= 15 is 0 Å². The predicted molar refractivity (Wildman–Crippen MR) is 83.5 cm³/mol. The molecule has 0 heterocycles. The van der Waals surface area contributed by atoms with Gasteiger partial charge in [0.25, 0.3) is 0 Å². The zero-order valence-electron chi connectivity index (χ0n) is 12.3. The highest BCUT2D eigenvalue weighted by Gasteiger charge is 2.51. The number of benzene rings is 2. The SMILES string of the molecule is Cc1cccc(C2(C(=O)O)CCCC2c2ccccc2)c1. The number of aryl methyl sites for hydroxylation is 1. The van der Waals surface area contributed by atoms with Crippen LogP contribution in [0.4, 0.5) is 0 Å². The molecule has 21 heavy (non-hydrogen) atoms. The Morgan fingerprint density at radius 2 is 1.90 bits per heavy atom. The van der Waals surface area contributed by atoms with Crippen LogP contribution in [-0.4, -0.2) is 11.1 Å². The van der Waals surface area contributed by atoms with Gasteiger partial charge in [0, 0.05) is 5.92 Å². The molecule has 0 radical (unpaired) electrons. The Morgan fingerprint density at radius 1 is 1.14 bits per heavy atom. The average Bonchev–Trinajstić information content (AvgIpc) is 2.94. The Bertz CT molecular complexity index is 648. The molecule has 0 aliphatic heterocycles. The summed E-state index contributed by atoms with van der Waals surface area (Å²) in [5.41, 5.74) is 2.42. The van der Waals surface area contributed by atoms with E-state index in [-0.39, 0.29) is 5.92 Å². The molecular formula is C19H20O2. The molecular weight excluding hydrogens is 260 g/mol. The van der Waals surface area contributed by atoms with E-state index in [1.807, 2.05) is 49.4 Å². The van der Waals surface area contributed by atoms with Crippen molar-refractivity contribution in [1.82, 2.24) is 0 Å². The van der Waals surface area contributed by atoms with Crippen molar-refractivity contribution in [2.75, 3.05) is 0 Å². The van der Waals surface area contributed by atoms with Gasteiger partial charge in [-0.3, -0.25) is 4.79 Å². The molecule has 2 atom stereocenters. The molecule has 2 aromatic carbocycles. The maximum atomic E-state index is 12.2. The van der Waals surface area contributed by atoms with Crippen LogP contribution in [0.25, 0.3) is 0 Å². The fraction of sp³-hybridized carbons (Fsp3) is 0.316. The van der Waals surface area contributed by atoms with E-state index in [0.29, 0.717) is 6.42 Å². The lowest BCUT2D eigenvalue weighted by molar-refractivity contribution is -0.144. The van der Waals surface area contributed by atoms with E-state index in [4.69, 9.17) is 0 Å². The van der Waals surface area contributed by atoms with Gasteiger partial charge in [0.05, 0.1) is 5.41 Å². The molecule has 1 aliphatic carbocycles. The summed E-state index contributed by atoms with van der Waals surface area (Å²) in [4.78, 5) is 12.2. The van der Waals surface area contributed by atoms with Crippen LogP contribution in [0.1, 0.15) is 41.9 Å². The van der Waals surface area contributed by atoms with Gasteiger partial charge < -0.3 is 5.11 Å². The van der Waals surface area contributed by atoms with Crippen molar-refractivity contribution >= 4 is 5.97 Å². The summed E-state index contributed by atoms with van der Waals surface area (Å²) in [5, 5.41) is 10.0. The third-order valence-electron chi connectivity index (χ3n) is 4.78. The molecule has 0 saturated heterocycles. The van der Waals surface area contributed by atoms with E-state index in [0.717, 1.165) is 29.5 Å². The molecule has 1 aliphatic rings. The molecule has 108 valence electrons. The van der Waals surface area contributed by atoms with E-state index in [1.54, 1.807) is 0 Å². The van der Waals surface area contributed by atoms with Gasteiger partial charge >= 0.3 is 5.97 Å². The van der Waals surface area contributed by atoms with Crippen LogP contribution < -0.4 is 0 Å². The molecule has 3 rings (SSSR count). The number of aliphatic carboxylic acids is 1. The second-order valence-corrected chi connectivity index (χ2v) is 6.00. The van der Waals surface area contributed by atoms with Crippen molar-refractivity contribution < 1.29 is 9.90 Å². The van der Waals surface area contributed by atoms with Gasteiger partial charge in [-0.05, 0) is 30.9 Å². The van der Waals surface area contributed by atoms with Crippen LogP contribution in [0.5, 0.6) is 0 Å². The standard InChI is InChI=1S/C19H20O2/c1-14-7-5-10-16(13-14)19(18(20)21)12-6-11-17(19)15-8-3-2-4-9-15/h2-5,7-10,13,17H,6,11-12H2,1H3,(H,20,21). The molecule has 1 N–H and O–H groups in total. The van der Waals surface area contributed by atoms with Crippen molar-refractivity contribution in [3.63, 3.8) is 0 Å². The van der Waals surface area contributed by atoms with Gasteiger partial charge in [-0.1, -0.05) is 66.6 Å². The second kappa shape index (κ2) is 5.36. The lowest BCUT2D eigenvalue weighted by Crippen LogP contribution is -2.38. The number of rotatable bonds is 3. The van der Waals surface area contributed by atoms with Crippen LogP contribution in [-0.2, 0) is 10.2 Å². The molecule has 0 aromatic heterocycles. The minimum absolute atomic E-state index is 0.0537. The van der Waals surface area contributed by atoms with Crippen molar-refractivity contribution in [3.05, 3.63) is 71.3 Å². The highest BCUT2D eigenvalue weighted by atomic mass is 16.4. The first-order chi connectivity index (χ1) is 10.1. The summed E-state index contributed by atoms with van der Waals surface area (Å²) in [6, 6.07) is 18.1. The Kier molecular flexibility index (Phi) is 3.54. The molecule has 2 aromatic rings. The number of carbonyl (C=O) groups is 1. The molecule has 0 amide bonds. The van der Waals surface area contributed by atoms with E-state index < -0.39 is 11.4 Å². The second-order valence-electron chi connectivity index (χ2n) is 6.00. The number of carboxylic acid groups (broad SMARTS) is 1. The van der Waals surface area contributed by atoms with Crippen molar-refractivity contribution in [3.8, 4) is 0 Å². The first kappa shape index (κ1) is 13.9. The summed E-state index contributed by atoms with van der Waals surface area (Å²) in [6.07, 6.45) is 2.61. The van der Waals surface area contributed by atoms with Crippen LogP contribution in [0.2, 0.25) is 0 Å². The molecule has 2 heteroatoms. The summed E-state index contributed by atoms with van der Waals surface area (Å²) >= 11 is 0. The van der Waals surface area contributed by atoms with Gasteiger partial charge in [0.15, 0.2) is 0 Å². The molecule has 2 nitrogen and oxygen atoms in total. The Labute approximate surface area is 125 Å². The Hall–Kier alpha value is -2.09. The van der Waals surface area contributed by atoms with E-state index in [1.165, 1.54) is 0 Å². The Morgan fingerprint density at radius 3 is 2.57 bits per heavy atom. The quantitative estimate of drug-likeness (QED) is 0.911. The normalized spacial score (nSPS) is 24.9. The molecule has 1 saturated carbocycles. The maximum absolute atomic E-state index is 12.2.